The third-order valence-electron chi connectivity index (χ3n) is 3.48. The lowest BCUT2D eigenvalue weighted by Gasteiger charge is -2.11. The van der Waals surface area contributed by atoms with Gasteiger partial charge in [-0.15, -0.1) is 0 Å². The van der Waals surface area contributed by atoms with Gasteiger partial charge in [-0.25, -0.2) is 4.79 Å². The van der Waals surface area contributed by atoms with Gasteiger partial charge in [0.15, 0.2) is 0 Å². The molecule has 1 aromatic carbocycles. The van der Waals surface area contributed by atoms with Crippen LogP contribution in [0.4, 0.5) is 0 Å². The summed E-state index contributed by atoms with van der Waals surface area (Å²) in [5, 5.41) is 0. The summed E-state index contributed by atoms with van der Waals surface area (Å²) in [4.78, 5) is 12.1. The maximum Gasteiger partial charge on any atom is 0.341 e. The van der Waals surface area contributed by atoms with Crippen LogP contribution in [0.3, 0.4) is 0 Å². The molecule has 2 saturated carbocycles. The largest absolute Gasteiger partial charge is 0.492 e. The van der Waals surface area contributed by atoms with Crippen molar-refractivity contribution in [3.05, 3.63) is 28.2 Å². The first-order valence-corrected chi connectivity index (χ1v) is 7.61. The number of esters is 1. The van der Waals surface area contributed by atoms with E-state index in [2.05, 4.69) is 15.9 Å². The van der Waals surface area contributed by atoms with Crippen molar-refractivity contribution in [2.24, 2.45) is 11.8 Å². The molecule has 0 atom stereocenters. The van der Waals surface area contributed by atoms with Crippen LogP contribution < -0.4 is 4.74 Å². The highest BCUT2D eigenvalue weighted by atomic mass is 79.9. The van der Waals surface area contributed by atoms with E-state index in [0.717, 1.165) is 4.47 Å². The average Bonchev–Trinajstić information content (AvgIpc) is 3.27. The molecular formula is C15H17BrO3. The highest BCUT2D eigenvalue weighted by molar-refractivity contribution is 9.10. The summed E-state index contributed by atoms with van der Waals surface area (Å²) in [5.41, 5.74) is 0.524. The quantitative estimate of drug-likeness (QED) is 0.746. The summed E-state index contributed by atoms with van der Waals surface area (Å²) in [6.45, 7) is 1.23. The van der Waals surface area contributed by atoms with E-state index in [4.69, 9.17) is 9.47 Å². The minimum absolute atomic E-state index is 0.279. The second-order valence-corrected chi connectivity index (χ2v) is 6.35. The molecule has 2 aliphatic rings. The topological polar surface area (TPSA) is 35.5 Å². The van der Waals surface area contributed by atoms with Gasteiger partial charge in [0.2, 0.25) is 0 Å². The molecule has 19 heavy (non-hydrogen) atoms. The zero-order valence-electron chi connectivity index (χ0n) is 10.7. The van der Waals surface area contributed by atoms with Crippen LogP contribution in [0.5, 0.6) is 5.75 Å². The molecule has 2 aliphatic carbocycles. The summed E-state index contributed by atoms with van der Waals surface area (Å²) in [7, 11) is 0. The predicted octanol–water partition coefficient (Wildman–Crippen LogP) is 3.80. The highest BCUT2D eigenvalue weighted by Crippen LogP contribution is 2.32. The summed E-state index contributed by atoms with van der Waals surface area (Å²) >= 11 is 3.39. The Morgan fingerprint density at radius 3 is 2.53 bits per heavy atom. The van der Waals surface area contributed by atoms with Crippen molar-refractivity contribution in [2.75, 3.05) is 13.2 Å². The van der Waals surface area contributed by atoms with Gasteiger partial charge in [-0.1, -0.05) is 15.9 Å². The molecule has 0 amide bonds. The van der Waals surface area contributed by atoms with E-state index in [9.17, 15) is 4.79 Å². The third kappa shape index (κ3) is 3.72. The van der Waals surface area contributed by atoms with Crippen molar-refractivity contribution < 1.29 is 14.3 Å². The molecule has 0 bridgehead atoms. The van der Waals surface area contributed by atoms with E-state index in [-0.39, 0.29) is 5.97 Å². The van der Waals surface area contributed by atoms with E-state index < -0.39 is 0 Å². The van der Waals surface area contributed by atoms with Crippen LogP contribution in [0, 0.1) is 11.8 Å². The second-order valence-electron chi connectivity index (χ2n) is 5.44. The fraction of sp³-hybridized carbons (Fsp3) is 0.533. The Morgan fingerprint density at radius 2 is 1.84 bits per heavy atom. The number of benzene rings is 1. The van der Waals surface area contributed by atoms with E-state index in [1.54, 1.807) is 6.07 Å². The van der Waals surface area contributed by atoms with Crippen molar-refractivity contribution in [2.45, 2.75) is 25.7 Å². The van der Waals surface area contributed by atoms with Crippen molar-refractivity contribution in [3.63, 3.8) is 0 Å². The first kappa shape index (κ1) is 13.0. The number of halogens is 1. The van der Waals surface area contributed by atoms with Crippen molar-refractivity contribution in [3.8, 4) is 5.75 Å². The Morgan fingerprint density at radius 1 is 1.16 bits per heavy atom. The molecule has 0 saturated heterocycles. The Labute approximate surface area is 121 Å². The summed E-state index contributed by atoms with van der Waals surface area (Å²) in [6, 6.07) is 5.50. The van der Waals surface area contributed by atoms with Gasteiger partial charge in [0, 0.05) is 4.47 Å². The van der Waals surface area contributed by atoms with E-state index in [1.165, 1.54) is 25.7 Å². The van der Waals surface area contributed by atoms with Crippen LogP contribution in [0.2, 0.25) is 0 Å². The highest BCUT2D eigenvalue weighted by Gasteiger charge is 2.26. The summed E-state index contributed by atoms with van der Waals surface area (Å²) < 4.78 is 11.9. The third-order valence-corrected chi connectivity index (χ3v) is 3.97. The van der Waals surface area contributed by atoms with Gasteiger partial charge in [-0.3, -0.25) is 0 Å². The smallest absolute Gasteiger partial charge is 0.341 e. The molecule has 102 valence electrons. The lowest BCUT2D eigenvalue weighted by atomic mass is 10.2. The van der Waals surface area contributed by atoms with E-state index in [1.807, 2.05) is 12.1 Å². The number of carbonyl (C=O) groups excluding carboxylic acids is 1. The monoisotopic (exact) mass is 324 g/mol. The van der Waals surface area contributed by atoms with Crippen molar-refractivity contribution in [1.29, 1.82) is 0 Å². The SMILES string of the molecule is O=C(OCC1CC1)c1cc(Br)ccc1OCC1CC1. The molecule has 0 aromatic heterocycles. The van der Waals surface area contributed by atoms with Gasteiger partial charge in [0.1, 0.15) is 11.3 Å². The summed E-state index contributed by atoms with van der Waals surface area (Å²) in [6.07, 6.45) is 4.82. The minimum atomic E-state index is -0.279. The Balaban J connectivity index is 1.67. The fourth-order valence-electron chi connectivity index (χ4n) is 1.84. The van der Waals surface area contributed by atoms with Gasteiger partial charge in [0.05, 0.1) is 13.2 Å². The Bertz CT molecular complexity index is 478. The molecule has 0 heterocycles. The van der Waals surface area contributed by atoms with Crippen LogP contribution in [0.25, 0.3) is 0 Å². The number of hydrogen-bond donors (Lipinski definition) is 0. The molecule has 3 nitrogen and oxygen atoms in total. The molecule has 2 fully saturated rings. The van der Waals surface area contributed by atoms with Crippen LogP contribution in [0.15, 0.2) is 22.7 Å². The maximum absolute atomic E-state index is 12.1. The molecule has 0 radical (unpaired) electrons. The van der Waals surface area contributed by atoms with Crippen LogP contribution in [-0.2, 0) is 4.74 Å². The molecule has 0 N–H and O–H groups in total. The Hall–Kier alpha value is -1.03. The van der Waals surface area contributed by atoms with Gasteiger partial charge >= 0.3 is 5.97 Å². The average molecular weight is 325 g/mol. The molecule has 0 aliphatic heterocycles. The first-order chi connectivity index (χ1) is 9.22. The number of carbonyl (C=O) groups is 1. The minimum Gasteiger partial charge on any atom is -0.492 e. The van der Waals surface area contributed by atoms with Crippen molar-refractivity contribution >= 4 is 21.9 Å². The van der Waals surface area contributed by atoms with Crippen LogP contribution >= 0.6 is 15.9 Å². The predicted molar refractivity (Wildman–Crippen MR) is 75.4 cm³/mol. The molecular weight excluding hydrogens is 308 g/mol. The van der Waals surface area contributed by atoms with E-state index >= 15 is 0 Å². The zero-order chi connectivity index (χ0) is 13.2. The number of ether oxygens (including phenoxy) is 2. The normalized spacial score (nSPS) is 18.2. The van der Waals surface area contributed by atoms with Crippen molar-refractivity contribution in [1.82, 2.24) is 0 Å². The van der Waals surface area contributed by atoms with Gasteiger partial charge in [-0.05, 0) is 55.7 Å². The molecule has 0 spiro atoms. The summed E-state index contributed by atoms with van der Waals surface area (Å²) in [5.74, 6) is 1.60. The second kappa shape index (κ2) is 5.53. The fourth-order valence-corrected chi connectivity index (χ4v) is 2.20. The molecule has 3 rings (SSSR count). The molecule has 1 aromatic rings. The lowest BCUT2D eigenvalue weighted by Crippen LogP contribution is -2.11. The van der Waals surface area contributed by atoms with Gasteiger partial charge in [0.25, 0.3) is 0 Å². The standard InChI is InChI=1S/C15H17BrO3/c16-12-5-6-14(18-8-10-1-2-10)13(7-12)15(17)19-9-11-3-4-11/h5-7,10-11H,1-4,8-9H2. The lowest BCUT2D eigenvalue weighted by molar-refractivity contribution is 0.0481. The van der Waals surface area contributed by atoms with Crippen LogP contribution in [-0.4, -0.2) is 19.2 Å². The molecule has 0 unspecified atom stereocenters. The van der Waals surface area contributed by atoms with Gasteiger partial charge < -0.3 is 9.47 Å². The van der Waals surface area contributed by atoms with Gasteiger partial charge in [-0.2, -0.15) is 0 Å². The molecule has 4 heteroatoms. The zero-order valence-corrected chi connectivity index (χ0v) is 12.3. The van der Waals surface area contributed by atoms with E-state index in [0.29, 0.717) is 36.4 Å². The number of rotatable bonds is 6. The first-order valence-electron chi connectivity index (χ1n) is 6.82. The number of hydrogen-bond acceptors (Lipinski definition) is 3. The maximum atomic E-state index is 12.1. The Kier molecular flexibility index (Phi) is 3.78. The van der Waals surface area contributed by atoms with Crippen LogP contribution in [0.1, 0.15) is 36.0 Å².